The molecule has 4 aromatic rings. The number of hydrogen-bond donors (Lipinski definition) is 2. The van der Waals surface area contributed by atoms with Gasteiger partial charge in [-0.05, 0) is 18.2 Å². The predicted molar refractivity (Wildman–Crippen MR) is 131 cm³/mol. The molecule has 10 nitrogen and oxygen atoms in total. The van der Waals surface area contributed by atoms with Gasteiger partial charge in [0.05, 0.1) is 12.8 Å². The second-order valence-corrected chi connectivity index (χ2v) is 8.00. The summed E-state index contributed by atoms with van der Waals surface area (Å²) in [6.45, 7) is -0.0428. The molecule has 0 fully saturated rings. The summed E-state index contributed by atoms with van der Waals surface area (Å²) in [5.41, 5.74) is 2.75. The van der Waals surface area contributed by atoms with Gasteiger partial charge in [0.2, 0.25) is 5.95 Å². The van der Waals surface area contributed by atoms with Crippen molar-refractivity contribution < 1.29 is 9.84 Å². The molecule has 0 aliphatic heterocycles. The van der Waals surface area contributed by atoms with Crippen molar-refractivity contribution in [3.63, 3.8) is 0 Å². The van der Waals surface area contributed by atoms with Crippen LogP contribution in [0.5, 0.6) is 5.75 Å². The van der Waals surface area contributed by atoms with Crippen LogP contribution in [0.2, 0.25) is 5.02 Å². The van der Waals surface area contributed by atoms with E-state index in [1.165, 1.54) is 29.4 Å². The Kier molecular flexibility index (Phi) is 6.80. The lowest BCUT2D eigenvalue weighted by Gasteiger charge is -2.15. The molecule has 2 N–H and O–H groups in total. The van der Waals surface area contributed by atoms with E-state index < -0.39 is 17.4 Å². The molecule has 0 radical (unpaired) electrons. The molecule has 0 unspecified atom stereocenters. The van der Waals surface area contributed by atoms with Crippen LogP contribution in [0.25, 0.3) is 11.2 Å². The van der Waals surface area contributed by atoms with Crippen LogP contribution < -0.4 is 21.4 Å². The first-order valence-corrected chi connectivity index (χ1v) is 10.8. The molecule has 0 bridgehead atoms. The number of nitrogens with one attached hydrogen (secondary N) is 1. The lowest BCUT2D eigenvalue weighted by atomic mass is 10.2. The van der Waals surface area contributed by atoms with Gasteiger partial charge in [0, 0.05) is 24.7 Å². The number of nitrogens with zero attached hydrogens (tertiary/aromatic N) is 5. The van der Waals surface area contributed by atoms with E-state index in [0.717, 1.165) is 4.57 Å². The van der Waals surface area contributed by atoms with Crippen molar-refractivity contribution in [3.05, 3.63) is 86.0 Å². The van der Waals surface area contributed by atoms with E-state index in [1.807, 2.05) is 30.3 Å². The number of halogens is 1. The highest BCUT2D eigenvalue weighted by molar-refractivity contribution is 6.33. The highest BCUT2D eigenvalue weighted by atomic mass is 35.5. The minimum absolute atomic E-state index is 0.0158. The molecule has 0 saturated heterocycles. The van der Waals surface area contributed by atoms with Crippen molar-refractivity contribution in [3.8, 4) is 5.75 Å². The topological polar surface area (TPSA) is 116 Å². The first kappa shape index (κ1) is 23.3. The van der Waals surface area contributed by atoms with Crippen molar-refractivity contribution in [2.45, 2.75) is 12.6 Å². The Morgan fingerprint density at radius 2 is 1.82 bits per heavy atom. The number of aromatic nitrogens is 4. The van der Waals surface area contributed by atoms with Gasteiger partial charge in [-0.25, -0.2) is 10.2 Å². The smallest absolute Gasteiger partial charge is 0.332 e. The van der Waals surface area contributed by atoms with Crippen LogP contribution >= 0.6 is 11.6 Å². The first-order chi connectivity index (χ1) is 16.4. The molecular formula is C23H23ClN6O4. The number of hydrazone groups is 1. The Labute approximate surface area is 199 Å². The lowest BCUT2D eigenvalue weighted by Crippen LogP contribution is -2.38. The highest BCUT2D eigenvalue weighted by Crippen LogP contribution is 2.18. The summed E-state index contributed by atoms with van der Waals surface area (Å²) in [5.74, 6) is 0.786. The van der Waals surface area contributed by atoms with Crippen molar-refractivity contribution in [1.29, 1.82) is 0 Å². The Balaban J connectivity index is 1.68. The molecule has 2 aromatic carbocycles. The van der Waals surface area contributed by atoms with Crippen LogP contribution in [0, 0.1) is 0 Å². The number of para-hydroxylation sites is 1. The first-order valence-electron chi connectivity index (χ1n) is 10.4. The molecule has 0 aliphatic carbocycles. The highest BCUT2D eigenvalue weighted by Gasteiger charge is 2.21. The number of aliphatic hydroxyl groups excluding tert-OH is 1. The minimum atomic E-state index is -0.979. The van der Waals surface area contributed by atoms with E-state index in [2.05, 4.69) is 15.5 Å². The maximum absolute atomic E-state index is 12.9. The maximum Gasteiger partial charge on any atom is 0.332 e. The van der Waals surface area contributed by atoms with E-state index in [-0.39, 0.29) is 30.3 Å². The molecule has 0 amide bonds. The van der Waals surface area contributed by atoms with Gasteiger partial charge >= 0.3 is 5.69 Å². The molecule has 11 heteroatoms. The standard InChI is InChI=1S/C23H23ClN6O4/c1-28-20-19(21(32)29(2)23(28)33)30(13-16(31)14-34-17-9-4-3-5-10-17)22(26-20)27-25-12-15-8-6-7-11-18(15)24/h3-12,16,31H,13-14H2,1-2H3,(H,26,27)/b25-12-/t16-/m1/s1. The molecule has 176 valence electrons. The minimum Gasteiger partial charge on any atom is -0.491 e. The van der Waals surface area contributed by atoms with Crippen LogP contribution in [0.4, 0.5) is 5.95 Å². The zero-order valence-corrected chi connectivity index (χ0v) is 19.3. The second kappa shape index (κ2) is 9.94. The zero-order valence-electron chi connectivity index (χ0n) is 18.6. The third-order valence-corrected chi connectivity index (χ3v) is 5.54. The lowest BCUT2D eigenvalue weighted by molar-refractivity contribution is 0.0938. The molecular weight excluding hydrogens is 460 g/mol. The number of ether oxygens (including phenoxy) is 1. The summed E-state index contributed by atoms with van der Waals surface area (Å²) in [4.78, 5) is 29.7. The Morgan fingerprint density at radius 1 is 1.12 bits per heavy atom. The van der Waals surface area contributed by atoms with Gasteiger partial charge in [-0.1, -0.05) is 48.0 Å². The fraction of sp³-hybridized carbons (Fsp3) is 0.217. The number of imidazole rings is 1. The predicted octanol–water partition coefficient (Wildman–Crippen LogP) is 1.97. The quantitative estimate of drug-likeness (QED) is 0.293. The van der Waals surface area contributed by atoms with Gasteiger partial charge in [0.1, 0.15) is 18.5 Å². The van der Waals surface area contributed by atoms with Crippen LogP contribution in [0.3, 0.4) is 0 Å². The number of benzene rings is 2. The van der Waals surface area contributed by atoms with Gasteiger partial charge < -0.3 is 14.4 Å². The van der Waals surface area contributed by atoms with Crippen LogP contribution in [0.1, 0.15) is 5.56 Å². The van der Waals surface area contributed by atoms with Crippen molar-refractivity contribution in [2.24, 2.45) is 19.2 Å². The molecule has 2 aromatic heterocycles. The van der Waals surface area contributed by atoms with E-state index in [1.54, 1.807) is 24.3 Å². The molecule has 1 atom stereocenters. The Morgan fingerprint density at radius 3 is 2.56 bits per heavy atom. The van der Waals surface area contributed by atoms with E-state index >= 15 is 0 Å². The Hall–Kier alpha value is -3.89. The molecule has 4 rings (SSSR count). The van der Waals surface area contributed by atoms with E-state index in [4.69, 9.17) is 16.3 Å². The van der Waals surface area contributed by atoms with Gasteiger partial charge in [-0.2, -0.15) is 10.1 Å². The van der Waals surface area contributed by atoms with Gasteiger partial charge in [-0.15, -0.1) is 0 Å². The number of anilines is 1. The largest absolute Gasteiger partial charge is 0.491 e. The van der Waals surface area contributed by atoms with Crippen LogP contribution in [0.15, 0.2) is 69.3 Å². The summed E-state index contributed by atoms with van der Waals surface area (Å²) in [7, 11) is 2.91. The fourth-order valence-electron chi connectivity index (χ4n) is 3.42. The average molecular weight is 483 g/mol. The van der Waals surface area contributed by atoms with Gasteiger partial charge in [0.15, 0.2) is 11.2 Å². The third kappa shape index (κ3) is 4.73. The van der Waals surface area contributed by atoms with Crippen molar-refractivity contribution in [1.82, 2.24) is 18.7 Å². The number of hydrogen-bond acceptors (Lipinski definition) is 7. The number of rotatable bonds is 8. The van der Waals surface area contributed by atoms with E-state index in [9.17, 15) is 14.7 Å². The molecule has 34 heavy (non-hydrogen) atoms. The zero-order chi connectivity index (χ0) is 24.2. The van der Waals surface area contributed by atoms with Crippen molar-refractivity contribution >= 4 is 34.9 Å². The summed E-state index contributed by atoms with van der Waals surface area (Å²) < 4.78 is 9.37. The van der Waals surface area contributed by atoms with Crippen LogP contribution in [-0.2, 0) is 20.6 Å². The number of aryl methyl sites for hydroxylation is 1. The summed E-state index contributed by atoms with van der Waals surface area (Å²) in [5, 5.41) is 15.4. The molecule has 0 aliphatic rings. The molecule has 0 saturated carbocycles. The third-order valence-electron chi connectivity index (χ3n) is 5.20. The van der Waals surface area contributed by atoms with Gasteiger partial charge in [-0.3, -0.25) is 13.9 Å². The van der Waals surface area contributed by atoms with E-state index in [0.29, 0.717) is 16.3 Å². The average Bonchev–Trinajstić information content (AvgIpc) is 3.20. The normalized spacial score (nSPS) is 12.4. The monoisotopic (exact) mass is 482 g/mol. The summed E-state index contributed by atoms with van der Waals surface area (Å²) >= 11 is 6.16. The number of fused-ring (bicyclic) bond motifs is 1. The second-order valence-electron chi connectivity index (χ2n) is 7.59. The maximum atomic E-state index is 12.9. The summed E-state index contributed by atoms with van der Waals surface area (Å²) in [6, 6.07) is 16.2. The van der Waals surface area contributed by atoms with Gasteiger partial charge in [0.25, 0.3) is 5.56 Å². The van der Waals surface area contributed by atoms with Crippen LogP contribution in [-0.4, -0.2) is 42.7 Å². The fourth-order valence-corrected chi connectivity index (χ4v) is 3.61. The summed E-state index contributed by atoms with van der Waals surface area (Å²) in [6.07, 6.45) is 0.533. The SMILES string of the molecule is Cn1c(=O)c2c(nc(N/N=C\c3ccccc3Cl)n2C[C@@H](O)COc2ccccc2)n(C)c1=O. The molecule has 0 spiro atoms. The number of aliphatic hydroxyl groups is 1. The Bertz CT molecular complexity index is 1460. The molecule has 2 heterocycles. The van der Waals surface area contributed by atoms with Crippen molar-refractivity contribution in [2.75, 3.05) is 12.0 Å².